The van der Waals surface area contributed by atoms with E-state index in [4.69, 9.17) is 16.9 Å². The average molecular weight is 223 g/mol. The molecule has 0 radical (unpaired) electrons. The number of nitrogens with one attached hydrogen (secondary N) is 1. The van der Waals surface area contributed by atoms with E-state index in [9.17, 15) is 4.79 Å². The van der Waals surface area contributed by atoms with E-state index in [0.717, 1.165) is 5.56 Å². The molecule has 15 heavy (non-hydrogen) atoms. The van der Waals surface area contributed by atoms with E-state index < -0.39 is 6.04 Å². The quantitative estimate of drug-likeness (QED) is 0.785. The number of alkyl halides is 1. The van der Waals surface area contributed by atoms with Gasteiger partial charge in [0, 0.05) is 6.42 Å². The number of halogens is 1. The van der Waals surface area contributed by atoms with Crippen LogP contribution < -0.4 is 5.32 Å². The predicted molar refractivity (Wildman–Crippen MR) is 58.4 cm³/mol. The van der Waals surface area contributed by atoms with Gasteiger partial charge in [0.15, 0.2) is 0 Å². The first kappa shape index (κ1) is 11.5. The van der Waals surface area contributed by atoms with Crippen molar-refractivity contribution >= 4 is 17.5 Å². The molecule has 78 valence electrons. The van der Waals surface area contributed by atoms with Crippen LogP contribution in [0.2, 0.25) is 0 Å². The largest absolute Gasteiger partial charge is 0.339 e. The first-order valence-corrected chi connectivity index (χ1v) is 5.08. The molecule has 1 rings (SSSR count). The highest BCUT2D eigenvalue weighted by molar-refractivity contribution is 6.27. The molecular weight excluding hydrogens is 212 g/mol. The van der Waals surface area contributed by atoms with Gasteiger partial charge in [-0.15, -0.1) is 11.6 Å². The van der Waals surface area contributed by atoms with Crippen LogP contribution in [0.4, 0.5) is 0 Å². The zero-order valence-corrected chi connectivity index (χ0v) is 8.87. The van der Waals surface area contributed by atoms with Crippen LogP contribution in [0.1, 0.15) is 5.56 Å². The highest BCUT2D eigenvalue weighted by atomic mass is 35.5. The lowest BCUT2D eigenvalue weighted by molar-refractivity contribution is -0.119. The molecule has 0 bridgehead atoms. The summed E-state index contributed by atoms with van der Waals surface area (Å²) in [6, 6.07) is 11.0. The van der Waals surface area contributed by atoms with E-state index in [1.54, 1.807) is 0 Å². The predicted octanol–water partition coefficient (Wildman–Crippen LogP) is 1.48. The third-order valence-electron chi connectivity index (χ3n) is 1.90. The van der Waals surface area contributed by atoms with Gasteiger partial charge in [0.25, 0.3) is 0 Å². The minimum Gasteiger partial charge on any atom is -0.339 e. The van der Waals surface area contributed by atoms with E-state index in [0.29, 0.717) is 6.42 Å². The zero-order valence-electron chi connectivity index (χ0n) is 8.11. The Morgan fingerprint density at radius 1 is 1.47 bits per heavy atom. The van der Waals surface area contributed by atoms with Crippen LogP contribution in [-0.4, -0.2) is 17.8 Å². The van der Waals surface area contributed by atoms with Crippen molar-refractivity contribution in [1.29, 1.82) is 5.26 Å². The van der Waals surface area contributed by atoms with Gasteiger partial charge in [0.05, 0.1) is 6.07 Å². The number of carbonyl (C=O) groups is 1. The standard InChI is InChI=1S/C11H11ClN2O/c12-7-11(15)14-10(8-13)6-9-4-2-1-3-5-9/h1-5,10H,6-7H2,(H,14,15). The van der Waals surface area contributed by atoms with Crippen molar-refractivity contribution < 1.29 is 4.79 Å². The summed E-state index contributed by atoms with van der Waals surface area (Å²) in [6.07, 6.45) is 0.500. The van der Waals surface area contributed by atoms with Gasteiger partial charge in [-0.2, -0.15) is 5.26 Å². The monoisotopic (exact) mass is 222 g/mol. The molecule has 1 unspecified atom stereocenters. The van der Waals surface area contributed by atoms with Crippen LogP contribution in [-0.2, 0) is 11.2 Å². The molecule has 1 amide bonds. The molecule has 0 aliphatic heterocycles. The maximum atomic E-state index is 11.0. The SMILES string of the molecule is N#CC(Cc1ccccc1)NC(=O)CCl. The van der Waals surface area contributed by atoms with Crippen molar-refractivity contribution in [2.75, 3.05) is 5.88 Å². The molecule has 0 spiro atoms. The van der Waals surface area contributed by atoms with Gasteiger partial charge in [-0.05, 0) is 5.56 Å². The fraction of sp³-hybridized carbons (Fsp3) is 0.273. The van der Waals surface area contributed by atoms with Gasteiger partial charge in [0.2, 0.25) is 5.91 Å². The molecular formula is C11H11ClN2O. The Balaban J connectivity index is 2.55. The van der Waals surface area contributed by atoms with Crippen LogP contribution >= 0.6 is 11.6 Å². The Bertz CT molecular complexity index is 359. The number of benzene rings is 1. The lowest BCUT2D eigenvalue weighted by Crippen LogP contribution is -2.36. The second kappa shape index (κ2) is 6.05. The number of amides is 1. The molecule has 4 heteroatoms. The molecule has 3 nitrogen and oxygen atoms in total. The Labute approximate surface area is 93.7 Å². The van der Waals surface area contributed by atoms with Crippen molar-refractivity contribution in [3.63, 3.8) is 0 Å². The van der Waals surface area contributed by atoms with Gasteiger partial charge in [-0.1, -0.05) is 30.3 Å². The van der Waals surface area contributed by atoms with Gasteiger partial charge in [-0.25, -0.2) is 0 Å². The van der Waals surface area contributed by atoms with E-state index in [1.807, 2.05) is 36.4 Å². The van der Waals surface area contributed by atoms with Crippen LogP contribution in [0.25, 0.3) is 0 Å². The van der Waals surface area contributed by atoms with E-state index in [2.05, 4.69) is 5.32 Å². The molecule has 0 aliphatic carbocycles. The molecule has 1 aromatic rings. The topological polar surface area (TPSA) is 52.9 Å². The smallest absolute Gasteiger partial charge is 0.235 e. The van der Waals surface area contributed by atoms with Crippen LogP contribution in [0.5, 0.6) is 0 Å². The van der Waals surface area contributed by atoms with Gasteiger partial charge >= 0.3 is 0 Å². The fourth-order valence-corrected chi connectivity index (χ4v) is 1.29. The summed E-state index contributed by atoms with van der Waals surface area (Å²) < 4.78 is 0. The van der Waals surface area contributed by atoms with Crippen molar-refractivity contribution in [3.05, 3.63) is 35.9 Å². The normalized spacial score (nSPS) is 11.5. The van der Waals surface area contributed by atoms with Crippen molar-refractivity contribution in [3.8, 4) is 6.07 Å². The average Bonchev–Trinajstić information content (AvgIpc) is 2.29. The third-order valence-corrected chi connectivity index (χ3v) is 2.14. The lowest BCUT2D eigenvalue weighted by Gasteiger charge is -2.10. The summed E-state index contributed by atoms with van der Waals surface area (Å²) >= 11 is 5.33. The molecule has 0 aromatic heterocycles. The van der Waals surface area contributed by atoms with Gasteiger partial charge < -0.3 is 5.32 Å². The van der Waals surface area contributed by atoms with Gasteiger partial charge in [-0.3, -0.25) is 4.79 Å². The number of rotatable bonds is 4. The minimum absolute atomic E-state index is 0.118. The van der Waals surface area contributed by atoms with E-state index in [-0.39, 0.29) is 11.8 Å². The highest BCUT2D eigenvalue weighted by Gasteiger charge is 2.10. The summed E-state index contributed by atoms with van der Waals surface area (Å²) in [5.74, 6) is -0.438. The molecule has 1 atom stereocenters. The second-order valence-corrected chi connectivity index (χ2v) is 3.34. The molecule has 0 saturated carbocycles. The summed E-state index contributed by atoms with van der Waals surface area (Å²) in [5, 5.41) is 11.4. The molecule has 0 heterocycles. The van der Waals surface area contributed by atoms with Crippen molar-refractivity contribution in [2.24, 2.45) is 0 Å². The fourth-order valence-electron chi connectivity index (χ4n) is 1.21. The summed E-state index contributed by atoms with van der Waals surface area (Å²) in [6.45, 7) is 0. The summed E-state index contributed by atoms with van der Waals surface area (Å²) in [4.78, 5) is 11.0. The Morgan fingerprint density at radius 3 is 2.67 bits per heavy atom. The summed E-state index contributed by atoms with van der Waals surface area (Å²) in [7, 11) is 0. The number of hydrogen-bond acceptors (Lipinski definition) is 2. The first-order chi connectivity index (χ1) is 7.26. The third kappa shape index (κ3) is 4.01. The Kier molecular flexibility index (Phi) is 4.65. The second-order valence-electron chi connectivity index (χ2n) is 3.07. The maximum absolute atomic E-state index is 11.0. The zero-order chi connectivity index (χ0) is 11.1. The van der Waals surface area contributed by atoms with Gasteiger partial charge in [0.1, 0.15) is 11.9 Å². The molecule has 1 aromatic carbocycles. The number of hydrogen-bond donors (Lipinski definition) is 1. The molecule has 0 aliphatic rings. The molecule has 0 saturated heterocycles. The minimum atomic E-state index is -0.515. The van der Waals surface area contributed by atoms with Crippen LogP contribution in [0.3, 0.4) is 0 Å². The number of nitrogens with zero attached hydrogens (tertiary/aromatic N) is 1. The Hall–Kier alpha value is -1.53. The Morgan fingerprint density at radius 2 is 2.13 bits per heavy atom. The van der Waals surface area contributed by atoms with E-state index in [1.165, 1.54) is 0 Å². The maximum Gasteiger partial charge on any atom is 0.235 e. The lowest BCUT2D eigenvalue weighted by atomic mass is 10.1. The number of carbonyl (C=O) groups excluding carboxylic acids is 1. The van der Waals surface area contributed by atoms with Crippen LogP contribution in [0, 0.1) is 11.3 Å². The van der Waals surface area contributed by atoms with Crippen molar-refractivity contribution in [1.82, 2.24) is 5.32 Å². The van der Waals surface area contributed by atoms with Crippen LogP contribution in [0.15, 0.2) is 30.3 Å². The molecule has 0 fully saturated rings. The molecule has 1 N–H and O–H groups in total. The van der Waals surface area contributed by atoms with E-state index >= 15 is 0 Å². The highest BCUT2D eigenvalue weighted by Crippen LogP contribution is 2.02. The van der Waals surface area contributed by atoms with Crippen molar-refractivity contribution in [2.45, 2.75) is 12.5 Å². The number of nitriles is 1. The first-order valence-electron chi connectivity index (χ1n) is 4.55. The summed E-state index contributed by atoms with van der Waals surface area (Å²) in [5.41, 5.74) is 1.01.